The Hall–Kier alpha value is -3.15. The highest BCUT2D eigenvalue weighted by Crippen LogP contribution is 2.22. The first-order valence-electron chi connectivity index (χ1n) is 6.55. The number of aromatic nitrogens is 2. The molecular formula is C16H12FN3O2. The number of carbonyl (C=O) groups is 1. The van der Waals surface area contributed by atoms with Gasteiger partial charge in [0.15, 0.2) is 0 Å². The number of halogens is 1. The number of aromatic amines is 1. The molecule has 110 valence electrons. The van der Waals surface area contributed by atoms with Crippen LogP contribution in [0.3, 0.4) is 0 Å². The van der Waals surface area contributed by atoms with Crippen molar-refractivity contribution >= 4 is 11.7 Å². The standard InChI is InChI=1S/C16H12FN3O2/c17-12-3-7-14(8-4-12)22-13-5-1-11(2-6-13)16(21)19-15-9-10-18-20-15/h1-10H,(H2,18,19,20,21). The molecule has 0 radical (unpaired) electrons. The molecule has 0 atom stereocenters. The van der Waals surface area contributed by atoms with E-state index in [2.05, 4.69) is 15.5 Å². The van der Waals surface area contributed by atoms with E-state index in [1.165, 1.54) is 24.3 Å². The Morgan fingerprint density at radius 2 is 1.64 bits per heavy atom. The van der Waals surface area contributed by atoms with Crippen LogP contribution in [0.25, 0.3) is 0 Å². The van der Waals surface area contributed by atoms with Gasteiger partial charge in [-0.25, -0.2) is 4.39 Å². The van der Waals surface area contributed by atoms with Crippen molar-refractivity contribution in [2.24, 2.45) is 0 Å². The first-order chi connectivity index (χ1) is 10.7. The van der Waals surface area contributed by atoms with Crippen molar-refractivity contribution < 1.29 is 13.9 Å². The molecule has 6 heteroatoms. The average Bonchev–Trinajstić information content (AvgIpc) is 3.03. The van der Waals surface area contributed by atoms with Crippen LogP contribution in [0.2, 0.25) is 0 Å². The Kier molecular flexibility index (Phi) is 3.82. The van der Waals surface area contributed by atoms with Crippen LogP contribution in [-0.2, 0) is 0 Å². The van der Waals surface area contributed by atoms with Gasteiger partial charge in [0.25, 0.3) is 5.91 Å². The van der Waals surface area contributed by atoms with Crippen LogP contribution in [0.5, 0.6) is 11.5 Å². The number of nitrogens with one attached hydrogen (secondary N) is 2. The fourth-order valence-corrected chi connectivity index (χ4v) is 1.83. The minimum atomic E-state index is -0.321. The molecular weight excluding hydrogens is 285 g/mol. The van der Waals surface area contributed by atoms with Crippen LogP contribution in [0, 0.1) is 5.82 Å². The largest absolute Gasteiger partial charge is 0.457 e. The highest BCUT2D eigenvalue weighted by Gasteiger charge is 2.07. The van der Waals surface area contributed by atoms with Crippen molar-refractivity contribution in [2.45, 2.75) is 0 Å². The second-order valence-corrected chi connectivity index (χ2v) is 4.50. The summed E-state index contributed by atoms with van der Waals surface area (Å²) in [6.45, 7) is 0. The molecule has 22 heavy (non-hydrogen) atoms. The molecule has 0 fully saturated rings. The number of carbonyl (C=O) groups excluding carboxylic acids is 1. The van der Waals surface area contributed by atoms with Crippen LogP contribution >= 0.6 is 0 Å². The molecule has 0 saturated carbocycles. The smallest absolute Gasteiger partial charge is 0.256 e. The maximum absolute atomic E-state index is 12.8. The summed E-state index contributed by atoms with van der Waals surface area (Å²) in [6.07, 6.45) is 1.55. The van der Waals surface area contributed by atoms with Gasteiger partial charge in [-0.15, -0.1) is 0 Å². The molecule has 0 unspecified atom stereocenters. The molecule has 0 aliphatic heterocycles. The third-order valence-corrected chi connectivity index (χ3v) is 2.91. The molecule has 1 aromatic heterocycles. The average molecular weight is 297 g/mol. The summed E-state index contributed by atoms with van der Waals surface area (Å²) >= 11 is 0. The fourth-order valence-electron chi connectivity index (χ4n) is 1.83. The lowest BCUT2D eigenvalue weighted by Gasteiger charge is -2.07. The van der Waals surface area contributed by atoms with E-state index in [1.54, 1.807) is 36.5 Å². The molecule has 3 rings (SSSR count). The summed E-state index contributed by atoms with van der Waals surface area (Å²) in [5.41, 5.74) is 0.487. The minimum Gasteiger partial charge on any atom is -0.457 e. The minimum absolute atomic E-state index is 0.252. The number of nitrogens with zero attached hydrogens (tertiary/aromatic N) is 1. The van der Waals surface area contributed by atoms with Crippen molar-refractivity contribution in [1.29, 1.82) is 0 Å². The maximum Gasteiger partial charge on any atom is 0.256 e. The third-order valence-electron chi connectivity index (χ3n) is 2.91. The van der Waals surface area contributed by atoms with Crippen LogP contribution in [0.1, 0.15) is 10.4 Å². The highest BCUT2D eigenvalue weighted by molar-refractivity contribution is 6.03. The summed E-state index contributed by atoms with van der Waals surface area (Å²) in [5, 5.41) is 9.07. The number of amides is 1. The molecule has 2 aromatic carbocycles. The van der Waals surface area contributed by atoms with Gasteiger partial charge in [0.1, 0.15) is 23.1 Å². The van der Waals surface area contributed by atoms with Gasteiger partial charge >= 0.3 is 0 Å². The van der Waals surface area contributed by atoms with E-state index in [4.69, 9.17) is 4.74 Å². The first-order valence-corrected chi connectivity index (χ1v) is 6.55. The van der Waals surface area contributed by atoms with E-state index in [9.17, 15) is 9.18 Å². The lowest BCUT2D eigenvalue weighted by atomic mass is 10.2. The van der Waals surface area contributed by atoms with Crippen molar-refractivity contribution in [3.05, 3.63) is 72.2 Å². The van der Waals surface area contributed by atoms with Gasteiger partial charge in [0.2, 0.25) is 0 Å². The molecule has 0 spiro atoms. The zero-order chi connectivity index (χ0) is 15.4. The number of rotatable bonds is 4. The number of ether oxygens (including phenoxy) is 1. The SMILES string of the molecule is O=C(Nc1ccn[nH]1)c1ccc(Oc2ccc(F)cc2)cc1. The third kappa shape index (κ3) is 3.29. The van der Waals surface area contributed by atoms with Crippen molar-refractivity contribution in [2.75, 3.05) is 5.32 Å². The van der Waals surface area contributed by atoms with Crippen LogP contribution in [0.4, 0.5) is 10.2 Å². The fraction of sp³-hybridized carbons (Fsp3) is 0. The normalized spacial score (nSPS) is 10.2. The quantitative estimate of drug-likeness (QED) is 0.773. The Morgan fingerprint density at radius 1 is 1.00 bits per heavy atom. The number of H-pyrrole nitrogens is 1. The van der Waals surface area contributed by atoms with E-state index >= 15 is 0 Å². The predicted octanol–water partition coefficient (Wildman–Crippen LogP) is 3.59. The zero-order valence-corrected chi connectivity index (χ0v) is 11.4. The molecule has 0 bridgehead atoms. The molecule has 0 aliphatic rings. The van der Waals surface area contributed by atoms with Gasteiger partial charge in [0.05, 0.1) is 6.20 Å². The van der Waals surface area contributed by atoms with Crippen LogP contribution in [-0.4, -0.2) is 16.1 Å². The van der Waals surface area contributed by atoms with Gasteiger partial charge < -0.3 is 10.1 Å². The summed E-state index contributed by atoms with van der Waals surface area (Å²) in [4.78, 5) is 12.0. The molecule has 5 nitrogen and oxygen atoms in total. The second kappa shape index (κ2) is 6.09. The topological polar surface area (TPSA) is 67.0 Å². The Balaban J connectivity index is 1.67. The van der Waals surface area contributed by atoms with E-state index < -0.39 is 0 Å². The van der Waals surface area contributed by atoms with E-state index in [1.807, 2.05) is 0 Å². The van der Waals surface area contributed by atoms with E-state index in [0.717, 1.165) is 0 Å². The van der Waals surface area contributed by atoms with Gasteiger partial charge in [-0.2, -0.15) is 5.10 Å². The molecule has 0 saturated heterocycles. The van der Waals surface area contributed by atoms with E-state index in [-0.39, 0.29) is 11.7 Å². The Bertz CT molecular complexity index is 753. The number of benzene rings is 2. The van der Waals surface area contributed by atoms with Gasteiger partial charge in [-0.05, 0) is 48.5 Å². The summed E-state index contributed by atoms with van der Waals surface area (Å²) in [7, 11) is 0. The highest BCUT2D eigenvalue weighted by atomic mass is 19.1. The van der Waals surface area contributed by atoms with Gasteiger partial charge in [-0.1, -0.05) is 0 Å². The summed E-state index contributed by atoms with van der Waals surface area (Å²) < 4.78 is 18.4. The monoisotopic (exact) mass is 297 g/mol. The molecule has 2 N–H and O–H groups in total. The lowest BCUT2D eigenvalue weighted by Crippen LogP contribution is -2.11. The Morgan fingerprint density at radius 3 is 2.23 bits per heavy atom. The maximum atomic E-state index is 12.8. The first kappa shape index (κ1) is 13.8. The summed E-state index contributed by atoms with van der Waals surface area (Å²) in [6, 6.07) is 14.0. The molecule has 0 aliphatic carbocycles. The van der Waals surface area contributed by atoms with Crippen molar-refractivity contribution in [3.8, 4) is 11.5 Å². The Labute approximate surface area is 125 Å². The van der Waals surface area contributed by atoms with Gasteiger partial charge in [0, 0.05) is 11.6 Å². The van der Waals surface area contributed by atoms with Crippen LogP contribution < -0.4 is 10.1 Å². The summed E-state index contributed by atoms with van der Waals surface area (Å²) in [5.74, 6) is 1.04. The van der Waals surface area contributed by atoms with Gasteiger partial charge in [-0.3, -0.25) is 9.89 Å². The predicted molar refractivity (Wildman–Crippen MR) is 79.5 cm³/mol. The second-order valence-electron chi connectivity index (χ2n) is 4.50. The number of hydrogen-bond donors (Lipinski definition) is 2. The molecule has 3 aromatic rings. The van der Waals surface area contributed by atoms with E-state index in [0.29, 0.717) is 22.9 Å². The lowest BCUT2D eigenvalue weighted by molar-refractivity contribution is 0.102. The number of anilines is 1. The van der Waals surface area contributed by atoms with Crippen molar-refractivity contribution in [1.82, 2.24) is 10.2 Å². The van der Waals surface area contributed by atoms with Crippen molar-refractivity contribution in [3.63, 3.8) is 0 Å². The van der Waals surface area contributed by atoms with Crippen LogP contribution in [0.15, 0.2) is 60.8 Å². The number of hydrogen-bond acceptors (Lipinski definition) is 3. The zero-order valence-electron chi connectivity index (χ0n) is 11.4. The molecule has 1 amide bonds. The molecule has 1 heterocycles.